The molecule has 0 saturated carbocycles. The van der Waals surface area contributed by atoms with Crippen molar-refractivity contribution < 1.29 is 19.5 Å². The van der Waals surface area contributed by atoms with E-state index in [1.165, 1.54) is 7.11 Å². The van der Waals surface area contributed by atoms with Gasteiger partial charge in [-0.25, -0.2) is 0 Å². The van der Waals surface area contributed by atoms with Gasteiger partial charge in [0.1, 0.15) is 19.4 Å². The van der Waals surface area contributed by atoms with E-state index >= 15 is 0 Å². The molecule has 2 N–H and O–H groups in total. The van der Waals surface area contributed by atoms with E-state index in [0.29, 0.717) is 0 Å². The smallest absolute Gasteiger partial charge is 0.322 e. The molecule has 0 unspecified atom stereocenters. The van der Waals surface area contributed by atoms with E-state index in [0.717, 1.165) is 5.56 Å². The lowest BCUT2D eigenvalue weighted by atomic mass is 10.1. The number of amides is 1. The Bertz CT molecular complexity index is 443. The molecule has 96 valence electrons. The highest BCUT2D eigenvalue weighted by Crippen LogP contribution is 2.01. The summed E-state index contributed by atoms with van der Waals surface area (Å²) < 4.78 is 0. The summed E-state index contributed by atoms with van der Waals surface area (Å²) in [5.74, 6) is -1.66. The van der Waals surface area contributed by atoms with Crippen molar-refractivity contribution in [1.82, 2.24) is 5.32 Å². The zero-order chi connectivity index (χ0) is 13.4. The average Bonchev–Trinajstić information content (AvgIpc) is 2.36. The van der Waals surface area contributed by atoms with Crippen LogP contribution < -0.4 is 5.32 Å². The second-order valence-corrected chi connectivity index (χ2v) is 3.46. The molecule has 0 saturated heterocycles. The molecule has 1 aromatic carbocycles. The van der Waals surface area contributed by atoms with E-state index in [-0.39, 0.29) is 12.1 Å². The van der Waals surface area contributed by atoms with Crippen LogP contribution in [0.2, 0.25) is 0 Å². The van der Waals surface area contributed by atoms with Crippen molar-refractivity contribution in [3.8, 4) is 0 Å². The van der Waals surface area contributed by atoms with Crippen LogP contribution >= 0.6 is 0 Å². The quantitative estimate of drug-likeness (QED) is 0.566. The first-order chi connectivity index (χ1) is 8.63. The molecule has 0 radical (unpaired) electrons. The van der Waals surface area contributed by atoms with E-state index in [9.17, 15) is 9.59 Å². The van der Waals surface area contributed by atoms with Gasteiger partial charge in [-0.2, -0.15) is 0 Å². The molecule has 6 heteroatoms. The van der Waals surface area contributed by atoms with Crippen LogP contribution in [0.4, 0.5) is 0 Å². The van der Waals surface area contributed by atoms with E-state index in [4.69, 9.17) is 5.11 Å². The Morgan fingerprint density at radius 3 is 2.56 bits per heavy atom. The van der Waals surface area contributed by atoms with Crippen molar-refractivity contribution in [2.45, 2.75) is 6.42 Å². The van der Waals surface area contributed by atoms with Crippen LogP contribution in [0.15, 0.2) is 35.5 Å². The van der Waals surface area contributed by atoms with Gasteiger partial charge < -0.3 is 15.3 Å². The van der Waals surface area contributed by atoms with Gasteiger partial charge in [0.2, 0.25) is 0 Å². The molecular weight excluding hydrogens is 236 g/mol. The molecule has 0 aromatic heterocycles. The SMILES string of the molecule is CON=C(Cc1ccccc1)C(=O)NCC(=O)O. The third-order valence-corrected chi connectivity index (χ3v) is 2.08. The minimum Gasteiger partial charge on any atom is -0.480 e. The number of carbonyl (C=O) groups excluding carboxylic acids is 1. The van der Waals surface area contributed by atoms with E-state index in [1.54, 1.807) is 0 Å². The number of nitrogens with one attached hydrogen (secondary N) is 1. The zero-order valence-electron chi connectivity index (χ0n) is 9.92. The van der Waals surface area contributed by atoms with Gasteiger partial charge in [0, 0.05) is 6.42 Å². The molecule has 0 heterocycles. The van der Waals surface area contributed by atoms with E-state index in [1.807, 2.05) is 30.3 Å². The minimum absolute atomic E-state index is 0.130. The third kappa shape index (κ3) is 4.65. The maximum absolute atomic E-state index is 11.7. The highest BCUT2D eigenvalue weighted by atomic mass is 16.6. The molecule has 1 rings (SSSR count). The molecule has 1 aromatic rings. The van der Waals surface area contributed by atoms with Crippen molar-refractivity contribution in [2.75, 3.05) is 13.7 Å². The van der Waals surface area contributed by atoms with Gasteiger partial charge in [-0.1, -0.05) is 35.5 Å². The lowest BCUT2D eigenvalue weighted by molar-refractivity contribution is -0.137. The second kappa shape index (κ2) is 7.05. The number of carboxylic acid groups (broad SMARTS) is 1. The number of nitrogens with zero attached hydrogens (tertiary/aromatic N) is 1. The predicted molar refractivity (Wildman–Crippen MR) is 65.2 cm³/mol. The molecule has 6 nitrogen and oxygen atoms in total. The first-order valence-corrected chi connectivity index (χ1v) is 5.27. The highest BCUT2D eigenvalue weighted by Gasteiger charge is 2.13. The Morgan fingerprint density at radius 2 is 2.00 bits per heavy atom. The Morgan fingerprint density at radius 1 is 1.33 bits per heavy atom. The summed E-state index contributed by atoms with van der Waals surface area (Å²) in [5, 5.41) is 14.3. The molecule has 0 spiro atoms. The number of benzene rings is 1. The standard InChI is InChI=1S/C12H14N2O4/c1-18-14-10(12(17)13-8-11(15)16)7-9-5-3-2-4-6-9/h2-6H,7-8H2,1H3,(H,13,17)(H,15,16). The first kappa shape index (κ1) is 13.7. The largest absolute Gasteiger partial charge is 0.480 e. The van der Waals surface area contributed by atoms with Crippen molar-refractivity contribution >= 4 is 17.6 Å². The monoisotopic (exact) mass is 250 g/mol. The minimum atomic E-state index is -1.11. The van der Waals surface area contributed by atoms with Gasteiger partial charge in [0.05, 0.1) is 0 Å². The number of oxime groups is 1. The Hall–Kier alpha value is -2.37. The molecule has 18 heavy (non-hydrogen) atoms. The molecule has 0 aliphatic carbocycles. The molecule has 1 amide bonds. The van der Waals surface area contributed by atoms with Crippen LogP contribution in [0.5, 0.6) is 0 Å². The lowest BCUT2D eigenvalue weighted by Crippen LogP contribution is -2.36. The van der Waals surface area contributed by atoms with E-state index < -0.39 is 18.4 Å². The molecule has 0 atom stereocenters. The fraction of sp³-hybridized carbons (Fsp3) is 0.250. The first-order valence-electron chi connectivity index (χ1n) is 5.27. The summed E-state index contributed by atoms with van der Waals surface area (Å²) in [4.78, 5) is 26.6. The molecule has 0 aliphatic rings. The summed E-state index contributed by atoms with van der Waals surface area (Å²) in [6, 6.07) is 9.23. The molecule has 0 bridgehead atoms. The van der Waals surface area contributed by atoms with Gasteiger partial charge in [-0.3, -0.25) is 9.59 Å². The highest BCUT2D eigenvalue weighted by molar-refractivity contribution is 6.39. The van der Waals surface area contributed by atoms with Gasteiger partial charge in [-0.05, 0) is 5.56 Å². The number of aliphatic carboxylic acids is 1. The molecule has 0 aliphatic heterocycles. The second-order valence-electron chi connectivity index (χ2n) is 3.46. The number of hydrogen-bond donors (Lipinski definition) is 2. The maximum Gasteiger partial charge on any atom is 0.322 e. The van der Waals surface area contributed by atoms with Crippen LogP contribution in [0.1, 0.15) is 5.56 Å². The summed E-state index contributed by atoms with van der Waals surface area (Å²) in [7, 11) is 1.33. The summed E-state index contributed by atoms with van der Waals surface area (Å²) in [6.45, 7) is -0.448. The van der Waals surface area contributed by atoms with Crippen molar-refractivity contribution in [3.05, 3.63) is 35.9 Å². The normalized spacial score (nSPS) is 10.8. The van der Waals surface area contributed by atoms with Gasteiger partial charge in [0.25, 0.3) is 5.91 Å². The van der Waals surface area contributed by atoms with Gasteiger partial charge in [-0.15, -0.1) is 0 Å². The number of rotatable bonds is 6. The topological polar surface area (TPSA) is 88.0 Å². The van der Waals surface area contributed by atoms with Gasteiger partial charge >= 0.3 is 5.97 Å². The third-order valence-electron chi connectivity index (χ3n) is 2.08. The molecular formula is C12H14N2O4. The maximum atomic E-state index is 11.7. The molecule has 0 fully saturated rings. The fourth-order valence-electron chi connectivity index (χ4n) is 1.31. The van der Waals surface area contributed by atoms with Gasteiger partial charge in [0.15, 0.2) is 0 Å². The van der Waals surface area contributed by atoms with Crippen LogP contribution in [0.25, 0.3) is 0 Å². The number of hydrogen-bond acceptors (Lipinski definition) is 4. The predicted octanol–water partition coefficient (Wildman–Crippen LogP) is 0.432. The van der Waals surface area contributed by atoms with Crippen molar-refractivity contribution in [3.63, 3.8) is 0 Å². The summed E-state index contributed by atoms with van der Waals surface area (Å²) in [6.07, 6.45) is 0.278. The number of carbonyl (C=O) groups is 2. The van der Waals surface area contributed by atoms with Crippen molar-refractivity contribution in [2.24, 2.45) is 5.16 Å². The van der Waals surface area contributed by atoms with E-state index in [2.05, 4.69) is 15.3 Å². The summed E-state index contributed by atoms with van der Waals surface area (Å²) >= 11 is 0. The zero-order valence-corrected chi connectivity index (χ0v) is 9.92. The van der Waals surface area contributed by atoms with Crippen LogP contribution in [-0.4, -0.2) is 36.3 Å². The summed E-state index contributed by atoms with van der Waals surface area (Å²) in [5.41, 5.74) is 1.02. The Balaban J connectivity index is 2.69. The lowest BCUT2D eigenvalue weighted by Gasteiger charge is -2.05. The van der Waals surface area contributed by atoms with Crippen LogP contribution in [-0.2, 0) is 20.8 Å². The average molecular weight is 250 g/mol. The van der Waals surface area contributed by atoms with Crippen molar-refractivity contribution in [1.29, 1.82) is 0 Å². The fourth-order valence-corrected chi connectivity index (χ4v) is 1.31. The van der Waals surface area contributed by atoms with Crippen LogP contribution in [0, 0.1) is 0 Å². The Kier molecular flexibility index (Phi) is 5.37. The Labute approximate surface area is 104 Å². The number of carboxylic acids is 1. The van der Waals surface area contributed by atoms with Crippen LogP contribution in [0.3, 0.4) is 0 Å².